The first-order valence-corrected chi connectivity index (χ1v) is 26.9. The van der Waals surface area contributed by atoms with Gasteiger partial charge in [0.1, 0.15) is 13.2 Å². The number of carbonyl (C=O) groups is 3. The molecule has 2 atom stereocenters. The summed E-state index contributed by atoms with van der Waals surface area (Å²) >= 11 is 0. The molecular weight excluding hydrogens is 745 g/mol. The molecule has 0 aromatic rings. The van der Waals surface area contributed by atoms with Gasteiger partial charge in [0, 0.05) is 19.3 Å². The smallest absolute Gasteiger partial charge is 0.306 e. The summed E-state index contributed by atoms with van der Waals surface area (Å²) in [5.74, 6) is 0.0601. The highest BCUT2D eigenvalue weighted by molar-refractivity contribution is 5.71. The molecular formula is C54H104O6. The second-order valence-corrected chi connectivity index (χ2v) is 18.8. The fraction of sp³-hybridized carbons (Fsp3) is 0.944. The largest absolute Gasteiger partial charge is 0.462 e. The highest BCUT2D eigenvalue weighted by Gasteiger charge is 2.19. The Kier molecular flexibility index (Phi) is 47.2. The van der Waals surface area contributed by atoms with E-state index >= 15 is 0 Å². The van der Waals surface area contributed by atoms with Gasteiger partial charge in [-0.1, -0.05) is 265 Å². The lowest BCUT2D eigenvalue weighted by Gasteiger charge is -2.18. The van der Waals surface area contributed by atoms with Gasteiger partial charge in [0.05, 0.1) is 0 Å². The van der Waals surface area contributed by atoms with Gasteiger partial charge in [-0.05, 0) is 25.2 Å². The molecule has 0 amide bonds. The van der Waals surface area contributed by atoms with Crippen LogP contribution >= 0.6 is 0 Å². The molecule has 0 saturated carbocycles. The second kappa shape index (κ2) is 48.4. The Morgan fingerprint density at radius 2 is 0.583 bits per heavy atom. The van der Waals surface area contributed by atoms with Crippen molar-refractivity contribution >= 4 is 17.9 Å². The number of esters is 3. The van der Waals surface area contributed by atoms with Gasteiger partial charge in [0.15, 0.2) is 6.10 Å². The fourth-order valence-electron chi connectivity index (χ4n) is 8.19. The summed E-state index contributed by atoms with van der Waals surface area (Å²) < 4.78 is 16.7. The zero-order valence-electron chi connectivity index (χ0n) is 40.9. The lowest BCUT2D eigenvalue weighted by Crippen LogP contribution is -2.30. The van der Waals surface area contributed by atoms with E-state index in [2.05, 4.69) is 27.7 Å². The molecule has 6 heteroatoms. The summed E-state index contributed by atoms with van der Waals surface area (Å²) in [6, 6.07) is 0. The van der Waals surface area contributed by atoms with Crippen LogP contribution < -0.4 is 0 Å². The fourth-order valence-corrected chi connectivity index (χ4v) is 8.19. The summed E-state index contributed by atoms with van der Waals surface area (Å²) in [4.78, 5) is 37.8. The average molecular weight is 849 g/mol. The van der Waals surface area contributed by atoms with E-state index in [1.165, 1.54) is 199 Å². The lowest BCUT2D eigenvalue weighted by atomic mass is 9.99. The van der Waals surface area contributed by atoms with Gasteiger partial charge in [-0.15, -0.1) is 0 Å². The maximum absolute atomic E-state index is 12.7. The third-order valence-corrected chi connectivity index (χ3v) is 12.7. The lowest BCUT2D eigenvalue weighted by molar-refractivity contribution is -0.167. The van der Waals surface area contributed by atoms with Gasteiger partial charge < -0.3 is 14.2 Å². The normalized spacial score (nSPS) is 12.4. The van der Waals surface area contributed by atoms with Crippen LogP contribution in [0.4, 0.5) is 0 Å². The van der Waals surface area contributed by atoms with Crippen LogP contribution in [0.25, 0.3) is 0 Å². The molecule has 0 bridgehead atoms. The number of hydrogen-bond donors (Lipinski definition) is 0. The van der Waals surface area contributed by atoms with Crippen LogP contribution in [0.15, 0.2) is 0 Å². The molecule has 0 heterocycles. The molecule has 0 aromatic carbocycles. The summed E-state index contributed by atoms with van der Waals surface area (Å²) in [6.07, 6.45) is 51.0. The van der Waals surface area contributed by atoms with Crippen molar-refractivity contribution < 1.29 is 28.6 Å². The van der Waals surface area contributed by atoms with Crippen LogP contribution in [-0.4, -0.2) is 37.2 Å². The van der Waals surface area contributed by atoms with E-state index in [9.17, 15) is 14.4 Å². The minimum absolute atomic E-state index is 0.0631. The molecule has 356 valence electrons. The molecule has 6 nitrogen and oxygen atoms in total. The Balaban J connectivity index is 4.08. The van der Waals surface area contributed by atoms with E-state index < -0.39 is 6.10 Å². The van der Waals surface area contributed by atoms with Crippen molar-refractivity contribution in [2.24, 2.45) is 5.92 Å². The van der Waals surface area contributed by atoms with E-state index in [4.69, 9.17) is 14.2 Å². The third-order valence-electron chi connectivity index (χ3n) is 12.7. The highest BCUT2D eigenvalue weighted by Crippen LogP contribution is 2.18. The summed E-state index contributed by atoms with van der Waals surface area (Å²) in [6.45, 7) is 9.04. The quantitative estimate of drug-likeness (QED) is 0.0345. The number of carbonyl (C=O) groups excluding carboxylic acids is 3. The zero-order valence-corrected chi connectivity index (χ0v) is 40.9. The van der Waals surface area contributed by atoms with Gasteiger partial charge >= 0.3 is 17.9 Å². The van der Waals surface area contributed by atoms with Crippen LogP contribution in [-0.2, 0) is 28.6 Å². The van der Waals surface area contributed by atoms with Crippen molar-refractivity contribution in [2.75, 3.05) is 13.2 Å². The topological polar surface area (TPSA) is 78.9 Å². The average Bonchev–Trinajstić information content (AvgIpc) is 3.25. The first-order valence-electron chi connectivity index (χ1n) is 26.9. The van der Waals surface area contributed by atoms with Crippen molar-refractivity contribution in [2.45, 2.75) is 310 Å². The third kappa shape index (κ3) is 45.9. The minimum Gasteiger partial charge on any atom is -0.462 e. The Hall–Kier alpha value is -1.59. The molecule has 0 spiro atoms. The molecule has 0 N–H and O–H groups in total. The SMILES string of the molecule is CCCCCCCCCCCCCCCC(=O)OC[C@@H](COC(=O)CCCCCCCCCCCCCCCCCCCCC(C)CC)OC(=O)CCCCCCCCC. The first-order chi connectivity index (χ1) is 29.4. The molecule has 0 aliphatic heterocycles. The van der Waals surface area contributed by atoms with Gasteiger partial charge in [-0.2, -0.15) is 0 Å². The Labute approximate surface area is 374 Å². The predicted molar refractivity (Wildman–Crippen MR) is 257 cm³/mol. The van der Waals surface area contributed by atoms with Gasteiger partial charge in [-0.25, -0.2) is 0 Å². The Bertz CT molecular complexity index is 905. The summed E-state index contributed by atoms with van der Waals surface area (Å²) in [5.41, 5.74) is 0. The maximum Gasteiger partial charge on any atom is 0.306 e. The molecule has 0 aliphatic rings. The molecule has 0 aromatic heterocycles. The maximum atomic E-state index is 12.7. The molecule has 0 fully saturated rings. The second-order valence-electron chi connectivity index (χ2n) is 18.8. The summed E-state index contributed by atoms with van der Waals surface area (Å²) in [5, 5.41) is 0. The van der Waals surface area contributed by atoms with Gasteiger partial charge in [0.2, 0.25) is 0 Å². The Morgan fingerprint density at radius 3 is 0.867 bits per heavy atom. The molecule has 0 rings (SSSR count). The number of unbranched alkanes of at least 4 members (excludes halogenated alkanes) is 35. The molecule has 0 aliphatic carbocycles. The Morgan fingerprint density at radius 1 is 0.333 bits per heavy atom. The predicted octanol–water partition coefficient (Wildman–Crippen LogP) is 17.5. The van der Waals surface area contributed by atoms with Crippen LogP contribution in [0.1, 0.15) is 304 Å². The monoisotopic (exact) mass is 849 g/mol. The van der Waals surface area contributed by atoms with Crippen molar-refractivity contribution in [3.8, 4) is 0 Å². The van der Waals surface area contributed by atoms with E-state index in [1.54, 1.807) is 0 Å². The number of rotatable bonds is 49. The van der Waals surface area contributed by atoms with Crippen molar-refractivity contribution in [1.82, 2.24) is 0 Å². The van der Waals surface area contributed by atoms with E-state index in [0.717, 1.165) is 63.7 Å². The molecule has 0 saturated heterocycles. The molecule has 60 heavy (non-hydrogen) atoms. The minimum atomic E-state index is -0.759. The van der Waals surface area contributed by atoms with Crippen molar-refractivity contribution in [3.05, 3.63) is 0 Å². The van der Waals surface area contributed by atoms with Gasteiger partial charge in [0.25, 0.3) is 0 Å². The van der Waals surface area contributed by atoms with Crippen molar-refractivity contribution in [3.63, 3.8) is 0 Å². The van der Waals surface area contributed by atoms with E-state index in [0.29, 0.717) is 19.3 Å². The van der Waals surface area contributed by atoms with Crippen molar-refractivity contribution in [1.29, 1.82) is 0 Å². The highest BCUT2D eigenvalue weighted by atomic mass is 16.6. The van der Waals surface area contributed by atoms with E-state index in [-0.39, 0.29) is 31.1 Å². The van der Waals surface area contributed by atoms with Crippen LogP contribution in [0.2, 0.25) is 0 Å². The molecule has 0 radical (unpaired) electrons. The number of ether oxygens (including phenoxy) is 3. The van der Waals surface area contributed by atoms with Gasteiger partial charge in [-0.3, -0.25) is 14.4 Å². The molecule has 1 unspecified atom stereocenters. The zero-order chi connectivity index (χ0) is 43.8. The van der Waals surface area contributed by atoms with Crippen LogP contribution in [0, 0.1) is 5.92 Å². The van der Waals surface area contributed by atoms with Crippen LogP contribution in [0.3, 0.4) is 0 Å². The first kappa shape index (κ1) is 58.4. The standard InChI is InChI=1S/C54H104O6/c1-5-8-10-12-14-15-16-23-27-30-34-37-41-45-52(55)58-48-51(60-54(57)47-43-39-32-13-11-9-6-2)49-59-53(56)46-42-38-35-31-28-25-22-20-18-17-19-21-24-26-29-33-36-40-44-50(4)7-3/h50-51H,5-49H2,1-4H3/t50?,51-/m0/s1. The number of hydrogen-bond acceptors (Lipinski definition) is 6. The van der Waals surface area contributed by atoms with Crippen LogP contribution in [0.5, 0.6) is 0 Å². The summed E-state index contributed by atoms with van der Waals surface area (Å²) in [7, 11) is 0. The van der Waals surface area contributed by atoms with E-state index in [1.807, 2.05) is 0 Å².